The molecule has 2 rings (SSSR count). The number of aromatic amines is 1. The van der Waals surface area contributed by atoms with Crippen molar-refractivity contribution in [1.82, 2.24) is 15.2 Å². The maximum atomic E-state index is 10.5. The molecule has 1 N–H and O–H groups in total. The normalized spacial score (nSPS) is 21.3. The van der Waals surface area contributed by atoms with Crippen LogP contribution in [-0.4, -0.2) is 33.4 Å². The lowest BCUT2D eigenvalue weighted by atomic mass is 10.8. The van der Waals surface area contributed by atoms with Gasteiger partial charge in [0.25, 0.3) is 0 Å². The van der Waals surface area contributed by atoms with Crippen LogP contribution in [0.4, 0.5) is 4.79 Å². The Kier molecular flexibility index (Phi) is 2.09. The molecule has 0 amide bonds. The van der Waals surface area contributed by atoms with Gasteiger partial charge in [-0.25, -0.2) is 9.78 Å². The highest BCUT2D eigenvalue weighted by atomic mass is 32.2. The monoisotopic (exact) mass is 201 g/mol. The minimum atomic E-state index is -0.634. The van der Waals surface area contributed by atoms with Crippen LogP contribution in [0.2, 0.25) is 0 Å². The largest absolute Gasteiger partial charge is 0.509 e. The Morgan fingerprint density at radius 3 is 3.08 bits per heavy atom. The fraction of sp³-hybridized carbons (Fsp3) is 0.500. The fourth-order valence-electron chi connectivity index (χ4n) is 0.862. The van der Waals surface area contributed by atoms with Crippen molar-refractivity contribution in [3.63, 3.8) is 0 Å². The second-order valence-corrected chi connectivity index (χ2v) is 3.56. The summed E-state index contributed by atoms with van der Waals surface area (Å²) in [7, 11) is 0. The Hall–Kier alpha value is -1.24. The highest BCUT2D eigenvalue weighted by molar-refractivity contribution is 7.99. The molecule has 1 aromatic heterocycles. The minimum absolute atomic E-state index is 0.247. The summed E-state index contributed by atoms with van der Waals surface area (Å²) in [6.07, 6.45) is -0.634. The predicted octanol–water partition coefficient (Wildman–Crippen LogP) is 0.698. The van der Waals surface area contributed by atoms with Crippen LogP contribution in [0.1, 0.15) is 5.82 Å². The second-order valence-electron chi connectivity index (χ2n) is 2.43. The molecule has 1 atom stereocenters. The van der Waals surface area contributed by atoms with E-state index in [0.717, 1.165) is 5.82 Å². The third kappa shape index (κ3) is 1.92. The van der Waals surface area contributed by atoms with Crippen LogP contribution in [0.25, 0.3) is 0 Å². The number of nitrogens with one attached hydrogen (secondary N) is 1. The van der Waals surface area contributed by atoms with Gasteiger partial charge in [0.1, 0.15) is 12.4 Å². The molecule has 0 aromatic carbocycles. The molecule has 1 unspecified atom stereocenters. The molecule has 0 aliphatic carbocycles. The average Bonchev–Trinajstić information content (AvgIpc) is 2.62. The zero-order chi connectivity index (χ0) is 9.26. The highest BCUT2D eigenvalue weighted by Crippen LogP contribution is 2.24. The van der Waals surface area contributed by atoms with Crippen molar-refractivity contribution in [3.8, 4) is 0 Å². The molecule has 2 heterocycles. The van der Waals surface area contributed by atoms with Gasteiger partial charge in [0.2, 0.25) is 5.16 Å². The molecule has 6 nitrogen and oxygen atoms in total. The van der Waals surface area contributed by atoms with E-state index < -0.39 is 6.16 Å². The van der Waals surface area contributed by atoms with Crippen molar-refractivity contribution in [1.29, 1.82) is 0 Å². The zero-order valence-electron chi connectivity index (χ0n) is 6.81. The van der Waals surface area contributed by atoms with Gasteiger partial charge in [0, 0.05) is 0 Å². The van der Waals surface area contributed by atoms with Gasteiger partial charge in [-0.15, -0.1) is 5.10 Å². The smallest absolute Gasteiger partial charge is 0.429 e. The molecule has 0 saturated carbocycles. The molecule has 1 aliphatic rings. The Balaban J connectivity index is 1.95. The van der Waals surface area contributed by atoms with Crippen LogP contribution in [0, 0.1) is 6.92 Å². The molecule has 70 valence electrons. The fourth-order valence-corrected chi connectivity index (χ4v) is 1.65. The molecule has 1 aromatic rings. The number of nitrogens with zero attached hydrogens (tertiary/aromatic N) is 2. The number of cyclic esters (lactones) is 2. The quantitative estimate of drug-likeness (QED) is 0.709. The Bertz CT molecular complexity index is 327. The first-order valence-corrected chi connectivity index (χ1v) is 4.51. The van der Waals surface area contributed by atoms with Crippen LogP contribution >= 0.6 is 11.8 Å². The number of aromatic nitrogens is 3. The number of thioether (sulfide) groups is 1. The van der Waals surface area contributed by atoms with Crippen molar-refractivity contribution in [2.24, 2.45) is 0 Å². The Morgan fingerprint density at radius 2 is 2.54 bits per heavy atom. The van der Waals surface area contributed by atoms with E-state index in [1.165, 1.54) is 11.8 Å². The number of hydrogen-bond acceptors (Lipinski definition) is 6. The van der Waals surface area contributed by atoms with Crippen molar-refractivity contribution in [2.75, 3.05) is 6.61 Å². The lowest BCUT2D eigenvalue weighted by Gasteiger charge is -1.99. The molecule has 0 bridgehead atoms. The van der Waals surface area contributed by atoms with E-state index in [9.17, 15) is 4.79 Å². The van der Waals surface area contributed by atoms with E-state index in [1.54, 1.807) is 6.92 Å². The molecular formula is C6H7N3O3S. The molecule has 7 heteroatoms. The number of H-pyrrole nitrogens is 1. The van der Waals surface area contributed by atoms with E-state index in [0.29, 0.717) is 5.16 Å². The second kappa shape index (κ2) is 3.25. The first kappa shape index (κ1) is 8.36. The summed E-state index contributed by atoms with van der Waals surface area (Å²) in [6.45, 7) is 2.05. The van der Waals surface area contributed by atoms with Crippen molar-refractivity contribution in [3.05, 3.63) is 5.82 Å². The molecule has 0 spiro atoms. The van der Waals surface area contributed by atoms with Gasteiger partial charge in [-0.1, -0.05) is 0 Å². The number of rotatable bonds is 2. The third-order valence-corrected chi connectivity index (χ3v) is 2.27. The lowest BCUT2D eigenvalue weighted by Crippen LogP contribution is -2.03. The maximum Gasteiger partial charge on any atom is 0.509 e. The average molecular weight is 201 g/mol. The summed E-state index contributed by atoms with van der Waals surface area (Å²) in [4.78, 5) is 14.6. The number of carbonyl (C=O) groups is 1. The maximum absolute atomic E-state index is 10.5. The summed E-state index contributed by atoms with van der Waals surface area (Å²) in [5, 5.41) is 7.13. The van der Waals surface area contributed by atoms with Gasteiger partial charge in [-0.2, -0.15) is 0 Å². The van der Waals surface area contributed by atoms with Crippen LogP contribution in [0.5, 0.6) is 0 Å². The number of aryl methyl sites for hydroxylation is 1. The van der Waals surface area contributed by atoms with Crippen molar-refractivity contribution >= 4 is 17.9 Å². The molecule has 0 radical (unpaired) electrons. The first-order chi connectivity index (χ1) is 6.24. The molecule has 1 aliphatic heterocycles. The standard InChI is InChI=1S/C6H7N3O3S/c1-3-7-5(9-8-3)13-4-2-11-6(10)12-4/h4H,2H2,1H3,(H,7,8,9). The molecule has 13 heavy (non-hydrogen) atoms. The van der Waals surface area contributed by atoms with Gasteiger partial charge >= 0.3 is 6.16 Å². The van der Waals surface area contributed by atoms with Crippen molar-refractivity contribution in [2.45, 2.75) is 17.5 Å². The van der Waals surface area contributed by atoms with E-state index in [4.69, 9.17) is 4.74 Å². The summed E-state index contributed by atoms with van der Waals surface area (Å²) < 4.78 is 9.38. The van der Waals surface area contributed by atoms with Gasteiger partial charge in [0.05, 0.1) is 0 Å². The van der Waals surface area contributed by atoms with Gasteiger partial charge in [0.15, 0.2) is 5.44 Å². The van der Waals surface area contributed by atoms with E-state index in [-0.39, 0.29) is 12.0 Å². The SMILES string of the molecule is Cc1nc(SC2COC(=O)O2)n[nH]1. The number of hydrogen-bond donors (Lipinski definition) is 1. The zero-order valence-corrected chi connectivity index (χ0v) is 7.63. The van der Waals surface area contributed by atoms with Crippen LogP contribution in [0.15, 0.2) is 5.16 Å². The topological polar surface area (TPSA) is 77.1 Å². The predicted molar refractivity (Wildman–Crippen MR) is 43.2 cm³/mol. The summed E-state index contributed by atoms with van der Waals surface area (Å²) in [5.41, 5.74) is -0.331. The Labute approximate surface area is 78.0 Å². The summed E-state index contributed by atoms with van der Waals surface area (Å²) in [5.74, 6) is 0.729. The lowest BCUT2D eigenvalue weighted by molar-refractivity contribution is 0.129. The highest BCUT2D eigenvalue weighted by Gasteiger charge is 2.27. The molecule has 1 fully saturated rings. The minimum Gasteiger partial charge on any atom is -0.429 e. The number of carbonyl (C=O) groups excluding carboxylic acids is 1. The van der Waals surface area contributed by atoms with E-state index in [2.05, 4.69) is 19.9 Å². The Morgan fingerprint density at radius 1 is 1.69 bits per heavy atom. The van der Waals surface area contributed by atoms with Crippen LogP contribution in [0.3, 0.4) is 0 Å². The van der Waals surface area contributed by atoms with E-state index in [1.807, 2.05) is 0 Å². The molecule has 1 saturated heterocycles. The third-order valence-electron chi connectivity index (χ3n) is 1.38. The number of ether oxygens (including phenoxy) is 2. The van der Waals surface area contributed by atoms with Gasteiger partial charge in [-0.05, 0) is 18.7 Å². The molecular weight excluding hydrogens is 194 g/mol. The van der Waals surface area contributed by atoms with Gasteiger partial charge < -0.3 is 9.47 Å². The van der Waals surface area contributed by atoms with Crippen LogP contribution in [-0.2, 0) is 9.47 Å². The summed E-state index contributed by atoms with van der Waals surface area (Å²) >= 11 is 1.25. The summed E-state index contributed by atoms with van der Waals surface area (Å²) in [6, 6.07) is 0. The first-order valence-electron chi connectivity index (χ1n) is 3.63. The van der Waals surface area contributed by atoms with Gasteiger partial charge in [-0.3, -0.25) is 5.10 Å². The van der Waals surface area contributed by atoms with Crippen molar-refractivity contribution < 1.29 is 14.3 Å². The van der Waals surface area contributed by atoms with Crippen LogP contribution < -0.4 is 0 Å². The van der Waals surface area contributed by atoms with E-state index >= 15 is 0 Å².